The van der Waals surface area contributed by atoms with Crippen LogP contribution < -0.4 is 19.5 Å². The summed E-state index contributed by atoms with van der Waals surface area (Å²) in [6.07, 6.45) is 0. The molecule has 1 N–H and O–H groups in total. The highest BCUT2D eigenvalue weighted by Crippen LogP contribution is 2.28. The Kier molecular flexibility index (Phi) is 7.29. The van der Waals surface area contributed by atoms with Gasteiger partial charge in [0.2, 0.25) is 0 Å². The molecule has 1 amide bonds. The van der Waals surface area contributed by atoms with Gasteiger partial charge in [-0.15, -0.1) is 0 Å². The number of rotatable bonds is 9. The zero-order valence-corrected chi connectivity index (χ0v) is 15.7. The Morgan fingerprint density at radius 2 is 1.62 bits per heavy atom. The Morgan fingerprint density at radius 3 is 2.15 bits per heavy atom. The number of likely N-dealkylation sites (N-methyl/N-ethyl adjacent to an activating group) is 1. The van der Waals surface area contributed by atoms with Gasteiger partial charge in [0, 0.05) is 13.1 Å². The van der Waals surface area contributed by atoms with Crippen LogP contribution in [0.1, 0.15) is 15.9 Å². The molecule has 0 saturated heterocycles. The SMILES string of the molecule is COc1cccc(OC)c1C(=O)NCc1ccc(OCCN(C)C)cc1. The van der Waals surface area contributed by atoms with E-state index in [1.165, 1.54) is 14.2 Å². The molecule has 0 radical (unpaired) electrons. The molecule has 2 aromatic rings. The molecule has 6 nitrogen and oxygen atoms in total. The van der Waals surface area contributed by atoms with Crippen LogP contribution in [0.2, 0.25) is 0 Å². The number of methoxy groups -OCH3 is 2. The topological polar surface area (TPSA) is 60.0 Å². The van der Waals surface area contributed by atoms with E-state index >= 15 is 0 Å². The van der Waals surface area contributed by atoms with E-state index in [9.17, 15) is 4.79 Å². The molecule has 6 heteroatoms. The molecule has 0 heterocycles. The van der Waals surface area contributed by atoms with Crippen LogP contribution in [0.3, 0.4) is 0 Å². The van der Waals surface area contributed by atoms with Gasteiger partial charge in [-0.3, -0.25) is 4.79 Å². The number of hydrogen-bond acceptors (Lipinski definition) is 5. The third kappa shape index (κ3) is 5.39. The lowest BCUT2D eigenvalue weighted by Crippen LogP contribution is -2.24. The Hall–Kier alpha value is -2.73. The largest absolute Gasteiger partial charge is 0.496 e. The standard InChI is InChI=1S/C20H26N2O4/c1-22(2)12-13-26-16-10-8-15(9-11-16)14-21-20(23)19-17(24-3)6-5-7-18(19)25-4/h5-11H,12-14H2,1-4H3,(H,21,23). The molecule has 0 fully saturated rings. The third-order valence-electron chi connectivity index (χ3n) is 3.84. The van der Waals surface area contributed by atoms with Crippen LogP contribution in [0.5, 0.6) is 17.2 Å². The highest BCUT2D eigenvalue weighted by Gasteiger charge is 2.17. The molecular formula is C20H26N2O4. The van der Waals surface area contributed by atoms with Crippen molar-refractivity contribution in [2.75, 3.05) is 41.5 Å². The number of hydrogen-bond donors (Lipinski definition) is 1. The Morgan fingerprint density at radius 1 is 1.00 bits per heavy atom. The molecular weight excluding hydrogens is 332 g/mol. The summed E-state index contributed by atoms with van der Waals surface area (Å²) in [6, 6.07) is 12.9. The van der Waals surface area contributed by atoms with Crippen LogP contribution in [0, 0.1) is 0 Å². The minimum absolute atomic E-state index is 0.245. The van der Waals surface area contributed by atoms with Crippen molar-refractivity contribution >= 4 is 5.91 Å². The van der Waals surface area contributed by atoms with Gasteiger partial charge in [0.25, 0.3) is 5.91 Å². The fourth-order valence-corrected chi connectivity index (χ4v) is 2.40. The number of nitrogens with zero attached hydrogens (tertiary/aromatic N) is 1. The molecule has 26 heavy (non-hydrogen) atoms. The number of carbonyl (C=O) groups is 1. The summed E-state index contributed by atoms with van der Waals surface area (Å²) in [6.45, 7) is 1.90. The molecule has 0 aliphatic rings. The summed E-state index contributed by atoms with van der Waals surface area (Å²) in [5.74, 6) is 1.52. The van der Waals surface area contributed by atoms with Crippen molar-refractivity contribution in [3.8, 4) is 17.2 Å². The van der Waals surface area contributed by atoms with E-state index in [1.807, 2.05) is 38.4 Å². The van der Waals surface area contributed by atoms with Crippen molar-refractivity contribution in [2.24, 2.45) is 0 Å². The van der Waals surface area contributed by atoms with Crippen LogP contribution in [0.4, 0.5) is 0 Å². The second kappa shape index (κ2) is 9.68. The predicted molar refractivity (Wildman–Crippen MR) is 101 cm³/mol. The molecule has 0 bridgehead atoms. The van der Waals surface area contributed by atoms with Gasteiger partial charge in [-0.1, -0.05) is 18.2 Å². The second-order valence-corrected chi connectivity index (χ2v) is 6.02. The molecule has 0 aliphatic heterocycles. The average molecular weight is 358 g/mol. The van der Waals surface area contributed by atoms with Crippen LogP contribution in [0.15, 0.2) is 42.5 Å². The van der Waals surface area contributed by atoms with Crippen molar-refractivity contribution in [1.82, 2.24) is 10.2 Å². The van der Waals surface area contributed by atoms with E-state index in [-0.39, 0.29) is 5.91 Å². The first-order valence-corrected chi connectivity index (χ1v) is 8.40. The molecule has 0 unspecified atom stereocenters. The lowest BCUT2D eigenvalue weighted by Gasteiger charge is -2.13. The quantitative estimate of drug-likeness (QED) is 0.747. The van der Waals surface area contributed by atoms with Crippen molar-refractivity contribution in [2.45, 2.75) is 6.54 Å². The predicted octanol–water partition coefficient (Wildman–Crippen LogP) is 2.57. The number of benzene rings is 2. The minimum atomic E-state index is -0.245. The highest BCUT2D eigenvalue weighted by molar-refractivity contribution is 5.99. The van der Waals surface area contributed by atoms with Crippen LogP contribution >= 0.6 is 0 Å². The van der Waals surface area contributed by atoms with E-state index in [2.05, 4.69) is 10.2 Å². The van der Waals surface area contributed by atoms with Gasteiger partial charge in [0.1, 0.15) is 29.4 Å². The van der Waals surface area contributed by atoms with Crippen LogP contribution in [-0.2, 0) is 6.54 Å². The van der Waals surface area contributed by atoms with Gasteiger partial charge >= 0.3 is 0 Å². The summed E-state index contributed by atoms with van der Waals surface area (Å²) in [4.78, 5) is 14.6. The van der Waals surface area contributed by atoms with E-state index in [4.69, 9.17) is 14.2 Å². The maximum absolute atomic E-state index is 12.5. The maximum Gasteiger partial charge on any atom is 0.259 e. The van der Waals surface area contributed by atoms with Crippen molar-refractivity contribution in [3.63, 3.8) is 0 Å². The smallest absolute Gasteiger partial charge is 0.259 e. The van der Waals surface area contributed by atoms with Crippen molar-refractivity contribution in [3.05, 3.63) is 53.6 Å². The summed E-state index contributed by atoms with van der Waals surface area (Å²) < 4.78 is 16.2. The first kappa shape index (κ1) is 19.6. The normalized spacial score (nSPS) is 10.5. The first-order chi connectivity index (χ1) is 12.5. The zero-order valence-electron chi connectivity index (χ0n) is 15.7. The number of nitrogens with one attached hydrogen (secondary N) is 1. The Labute approximate surface area is 154 Å². The molecule has 0 spiro atoms. The van der Waals surface area contributed by atoms with Crippen LogP contribution in [-0.4, -0.2) is 52.3 Å². The number of amides is 1. The van der Waals surface area contributed by atoms with Crippen molar-refractivity contribution < 1.29 is 19.0 Å². The third-order valence-corrected chi connectivity index (χ3v) is 3.84. The molecule has 0 atom stereocenters. The van der Waals surface area contributed by atoms with E-state index in [1.54, 1.807) is 18.2 Å². The van der Waals surface area contributed by atoms with Crippen LogP contribution in [0.25, 0.3) is 0 Å². The fourth-order valence-electron chi connectivity index (χ4n) is 2.40. The van der Waals surface area contributed by atoms with E-state index in [0.717, 1.165) is 17.9 Å². The molecule has 0 aromatic heterocycles. The number of carbonyl (C=O) groups excluding carboxylic acids is 1. The molecule has 2 rings (SSSR count). The Bertz CT molecular complexity index is 692. The summed E-state index contributed by atoms with van der Waals surface area (Å²) in [5.41, 5.74) is 1.37. The summed E-state index contributed by atoms with van der Waals surface area (Å²) in [7, 11) is 7.07. The second-order valence-electron chi connectivity index (χ2n) is 6.02. The van der Waals surface area contributed by atoms with E-state index < -0.39 is 0 Å². The average Bonchev–Trinajstić information content (AvgIpc) is 2.66. The molecule has 0 aliphatic carbocycles. The monoisotopic (exact) mass is 358 g/mol. The molecule has 0 saturated carbocycles. The van der Waals surface area contributed by atoms with Crippen molar-refractivity contribution in [1.29, 1.82) is 0 Å². The lowest BCUT2D eigenvalue weighted by molar-refractivity contribution is 0.0944. The van der Waals surface area contributed by atoms with Gasteiger partial charge in [-0.25, -0.2) is 0 Å². The molecule has 2 aromatic carbocycles. The summed E-state index contributed by atoms with van der Waals surface area (Å²) in [5, 5.41) is 2.90. The van der Waals surface area contributed by atoms with E-state index in [0.29, 0.717) is 30.2 Å². The highest BCUT2D eigenvalue weighted by atomic mass is 16.5. The number of ether oxygens (including phenoxy) is 3. The Balaban J connectivity index is 1.95. The first-order valence-electron chi connectivity index (χ1n) is 8.40. The van der Waals surface area contributed by atoms with Gasteiger partial charge < -0.3 is 24.4 Å². The molecule has 140 valence electrons. The van der Waals surface area contributed by atoms with Gasteiger partial charge in [-0.05, 0) is 43.9 Å². The maximum atomic E-state index is 12.5. The minimum Gasteiger partial charge on any atom is -0.496 e. The van der Waals surface area contributed by atoms with Gasteiger partial charge in [-0.2, -0.15) is 0 Å². The fraction of sp³-hybridized carbons (Fsp3) is 0.350. The summed E-state index contributed by atoms with van der Waals surface area (Å²) >= 11 is 0. The van der Waals surface area contributed by atoms with Gasteiger partial charge in [0.05, 0.1) is 14.2 Å². The lowest BCUT2D eigenvalue weighted by atomic mass is 10.1. The zero-order chi connectivity index (χ0) is 18.9. The van der Waals surface area contributed by atoms with Gasteiger partial charge in [0.15, 0.2) is 0 Å².